The highest BCUT2D eigenvalue weighted by Crippen LogP contribution is 2.21. The van der Waals surface area contributed by atoms with Crippen LogP contribution < -0.4 is 27.0 Å². The minimum atomic E-state index is -0.473. The van der Waals surface area contributed by atoms with Gasteiger partial charge in [0.15, 0.2) is 0 Å². The van der Waals surface area contributed by atoms with Gasteiger partial charge in [-0.3, -0.25) is 9.36 Å². The summed E-state index contributed by atoms with van der Waals surface area (Å²) in [5.41, 5.74) is 6.25. The topological polar surface area (TPSA) is 104 Å². The van der Waals surface area contributed by atoms with Crippen LogP contribution in [0.5, 0.6) is 5.75 Å². The fraction of sp³-hybridized carbons (Fsp3) is 0.308. The van der Waals surface area contributed by atoms with Gasteiger partial charge >= 0.3 is 5.69 Å². The molecule has 0 fully saturated rings. The Hall–Kier alpha value is -2.77. The van der Waals surface area contributed by atoms with Crippen LogP contribution in [0.3, 0.4) is 0 Å². The van der Waals surface area contributed by atoms with Gasteiger partial charge in [0.1, 0.15) is 5.75 Å². The Morgan fingerprint density at radius 2 is 2.05 bits per heavy atom. The molecule has 0 amide bonds. The number of anilines is 2. The second-order valence-corrected chi connectivity index (χ2v) is 4.55. The molecule has 0 aliphatic heterocycles. The van der Waals surface area contributed by atoms with Gasteiger partial charge in [-0.1, -0.05) is 6.07 Å². The van der Waals surface area contributed by atoms with Crippen molar-refractivity contribution < 1.29 is 4.74 Å². The molecule has 8 heteroatoms. The lowest BCUT2D eigenvalue weighted by Crippen LogP contribution is -2.39. The monoisotopic (exact) mass is 291 g/mol. The van der Waals surface area contributed by atoms with E-state index in [4.69, 9.17) is 10.5 Å². The van der Waals surface area contributed by atoms with E-state index in [9.17, 15) is 9.59 Å². The molecule has 8 nitrogen and oxygen atoms in total. The van der Waals surface area contributed by atoms with Crippen molar-refractivity contribution in [3.63, 3.8) is 0 Å². The fourth-order valence-corrected chi connectivity index (χ4v) is 1.89. The maximum atomic E-state index is 11.9. The summed E-state index contributed by atoms with van der Waals surface area (Å²) in [7, 11) is 4.43. The van der Waals surface area contributed by atoms with Crippen molar-refractivity contribution in [2.24, 2.45) is 14.1 Å². The quantitative estimate of drug-likeness (QED) is 0.748. The standard InChI is InChI=1S/C13H17N5O3/c1-17-12(19)11(16-18(2)13(17)20)15-7-8-4-5-10(21-3)9(14)6-8/h4-6H,7,14H2,1-3H3,(H,15,16). The summed E-state index contributed by atoms with van der Waals surface area (Å²) in [4.78, 5) is 23.4. The first kappa shape index (κ1) is 14.6. The zero-order valence-corrected chi connectivity index (χ0v) is 12.1. The predicted octanol–water partition coefficient (Wildman–Crippen LogP) is -0.318. The molecule has 0 atom stereocenters. The molecule has 0 aliphatic rings. The van der Waals surface area contributed by atoms with Crippen LogP contribution in [0, 0.1) is 0 Å². The molecule has 3 N–H and O–H groups in total. The van der Waals surface area contributed by atoms with E-state index in [1.165, 1.54) is 14.1 Å². The number of nitrogens with zero attached hydrogens (tertiary/aromatic N) is 3. The number of aromatic nitrogens is 3. The number of rotatable bonds is 4. The summed E-state index contributed by atoms with van der Waals surface area (Å²) < 4.78 is 7.18. The summed E-state index contributed by atoms with van der Waals surface area (Å²) in [5.74, 6) is 0.698. The molecule has 1 heterocycles. The van der Waals surface area contributed by atoms with Crippen molar-refractivity contribution >= 4 is 11.5 Å². The zero-order valence-electron chi connectivity index (χ0n) is 12.1. The zero-order chi connectivity index (χ0) is 15.6. The van der Waals surface area contributed by atoms with Crippen molar-refractivity contribution in [1.82, 2.24) is 14.3 Å². The van der Waals surface area contributed by atoms with Crippen molar-refractivity contribution in [3.05, 3.63) is 44.6 Å². The number of nitrogens with one attached hydrogen (secondary N) is 1. The van der Waals surface area contributed by atoms with Crippen molar-refractivity contribution in [3.8, 4) is 5.75 Å². The van der Waals surface area contributed by atoms with Gasteiger partial charge in [-0.2, -0.15) is 0 Å². The van der Waals surface area contributed by atoms with Gasteiger partial charge in [0.25, 0.3) is 5.56 Å². The molecule has 1 aromatic carbocycles. The Labute approximate surface area is 120 Å². The average Bonchev–Trinajstić information content (AvgIpc) is 2.47. The molecule has 0 radical (unpaired) electrons. The van der Waals surface area contributed by atoms with E-state index >= 15 is 0 Å². The maximum Gasteiger partial charge on any atom is 0.346 e. The summed E-state index contributed by atoms with van der Waals surface area (Å²) in [5, 5.41) is 6.81. The molecule has 112 valence electrons. The highest BCUT2D eigenvalue weighted by Gasteiger charge is 2.08. The Kier molecular flexibility index (Phi) is 3.97. The number of hydrogen-bond acceptors (Lipinski definition) is 6. The van der Waals surface area contributed by atoms with E-state index in [0.717, 1.165) is 14.8 Å². The highest BCUT2D eigenvalue weighted by atomic mass is 16.5. The Balaban J connectivity index is 2.23. The molecule has 0 unspecified atom stereocenters. The summed E-state index contributed by atoms with van der Waals surface area (Å²) in [6.45, 7) is 0.356. The SMILES string of the molecule is COc1ccc(CNc2nn(C)c(=O)n(C)c2=O)cc1N. The van der Waals surface area contributed by atoms with Crippen molar-refractivity contribution in [2.45, 2.75) is 6.54 Å². The van der Waals surface area contributed by atoms with E-state index in [2.05, 4.69) is 10.4 Å². The molecule has 0 spiro atoms. The first-order valence-corrected chi connectivity index (χ1v) is 6.24. The Bertz CT molecular complexity index is 778. The van der Waals surface area contributed by atoms with Crippen LogP contribution in [0.1, 0.15) is 5.56 Å². The molecule has 1 aromatic heterocycles. The predicted molar refractivity (Wildman–Crippen MR) is 79.5 cm³/mol. The van der Waals surface area contributed by atoms with Crippen LogP contribution in [-0.2, 0) is 20.6 Å². The third-order valence-corrected chi connectivity index (χ3v) is 3.08. The normalized spacial score (nSPS) is 10.4. The minimum Gasteiger partial charge on any atom is -0.495 e. The molecule has 2 rings (SSSR count). The summed E-state index contributed by atoms with van der Waals surface area (Å²) in [6.07, 6.45) is 0. The van der Waals surface area contributed by atoms with E-state index in [1.54, 1.807) is 19.2 Å². The molecule has 0 saturated carbocycles. The summed E-state index contributed by atoms with van der Waals surface area (Å²) in [6, 6.07) is 5.32. The van der Waals surface area contributed by atoms with Gasteiger partial charge in [-0.15, -0.1) is 5.10 Å². The van der Waals surface area contributed by atoms with Gasteiger partial charge in [-0.05, 0) is 17.7 Å². The van der Waals surface area contributed by atoms with Crippen LogP contribution in [0.25, 0.3) is 0 Å². The molecule has 0 bridgehead atoms. The number of ether oxygens (including phenoxy) is 1. The first-order chi connectivity index (χ1) is 9.93. The van der Waals surface area contributed by atoms with Crippen LogP contribution >= 0.6 is 0 Å². The van der Waals surface area contributed by atoms with Gasteiger partial charge in [0.2, 0.25) is 5.82 Å². The average molecular weight is 291 g/mol. The number of nitrogens with two attached hydrogens (primary N) is 1. The smallest absolute Gasteiger partial charge is 0.346 e. The van der Waals surface area contributed by atoms with Crippen molar-refractivity contribution in [2.75, 3.05) is 18.2 Å². The second kappa shape index (κ2) is 5.70. The van der Waals surface area contributed by atoms with Crippen LogP contribution in [-0.4, -0.2) is 21.5 Å². The number of hydrogen-bond donors (Lipinski definition) is 2. The van der Waals surface area contributed by atoms with Gasteiger partial charge in [0.05, 0.1) is 12.8 Å². The molecule has 21 heavy (non-hydrogen) atoms. The molecular weight excluding hydrogens is 274 g/mol. The Morgan fingerprint density at radius 1 is 1.33 bits per heavy atom. The van der Waals surface area contributed by atoms with E-state index in [1.807, 2.05) is 6.07 Å². The summed E-state index contributed by atoms with van der Waals surface area (Å²) >= 11 is 0. The molecule has 2 aromatic rings. The third kappa shape index (κ3) is 2.88. The lowest BCUT2D eigenvalue weighted by atomic mass is 10.2. The van der Waals surface area contributed by atoms with Gasteiger partial charge in [0, 0.05) is 20.6 Å². The van der Waals surface area contributed by atoms with E-state index < -0.39 is 11.2 Å². The number of aryl methyl sites for hydroxylation is 1. The van der Waals surface area contributed by atoms with Crippen LogP contribution in [0.15, 0.2) is 27.8 Å². The fourth-order valence-electron chi connectivity index (χ4n) is 1.89. The highest BCUT2D eigenvalue weighted by molar-refractivity contribution is 5.54. The number of benzene rings is 1. The Morgan fingerprint density at radius 3 is 2.67 bits per heavy atom. The van der Waals surface area contributed by atoms with Crippen LogP contribution in [0.2, 0.25) is 0 Å². The molecule has 0 aliphatic carbocycles. The van der Waals surface area contributed by atoms with Gasteiger partial charge in [-0.25, -0.2) is 9.48 Å². The molecular formula is C13H17N5O3. The van der Waals surface area contributed by atoms with E-state index in [0.29, 0.717) is 18.0 Å². The van der Waals surface area contributed by atoms with Gasteiger partial charge < -0.3 is 15.8 Å². The number of nitrogen functional groups attached to an aromatic ring is 1. The minimum absolute atomic E-state index is 0.106. The lowest BCUT2D eigenvalue weighted by molar-refractivity contribution is 0.417. The first-order valence-electron chi connectivity index (χ1n) is 6.24. The molecule has 0 saturated heterocycles. The number of methoxy groups -OCH3 is 1. The van der Waals surface area contributed by atoms with E-state index in [-0.39, 0.29) is 5.82 Å². The van der Waals surface area contributed by atoms with Crippen molar-refractivity contribution in [1.29, 1.82) is 0 Å². The largest absolute Gasteiger partial charge is 0.495 e. The third-order valence-electron chi connectivity index (χ3n) is 3.08. The second-order valence-electron chi connectivity index (χ2n) is 4.55. The maximum absolute atomic E-state index is 11.9. The lowest BCUT2D eigenvalue weighted by Gasteiger charge is -2.10. The van der Waals surface area contributed by atoms with Crippen LogP contribution in [0.4, 0.5) is 11.5 Å².